The van der Waals surface area contributed by atoms with E-state index < -0.39 is 18.0 Å². The summed E-state index contributed by atoms with van der Waals surface area (Å²) in [7, 11) is 0. The molecule has 0 aromatic carbocycles. The quantitative estimate of drug-likeness (QED) is 0.785. The van der Waals surface area contributed by atoms with Crippen molar-refractivity contribution in [1.29, 1.82) is 0 Å². The second-order valence-electron chi connectivity index (χ2n) is 5.42. The fourth-order valence-electron chi connectivity index (χ4n) is 1.47. The smallest absolute Gasteiger partial charge is 0.363 e. The van der Waals surface area contributed by atoms with Crippen LogP contribution in [0.2, 0.25) is 0 Å². The van der Waals surface area contributed by atoms with E-state index in [9.17, 15) is 9.59 Å². The van der Waals surface area contributed by atoms with E-state index in [1.807, 2.05) is 13.8 Å². The normalized spacial score (nSPS) is 12.5. The summed E-state index contributed by atoms with van der Waals surface area (Å²) in [5, 5.41) is 7.41. The van der Waals surface area contributed by atoms with Gasteiger partial charge in [0, 0.05) is 0 Å². The number of rotatable bonds is 6. The van der Waals surface area contributed by atoms with Crippen molar-refractivity contribution in [2.75, 3.05) is 12.3 Å². The molecule has 0 aliphatic heterocycles. The number of nitrogens with zero attached hydrogens (tertiary/aromatic N) is 3. The minimum absolute atomic E-state index is 0.0188. The molecule has 0 fully saturated rings. The maximum atomic E-state index is 11.9. The van der Waals surface area contributed by atoms with Crippen LogP contribution < -0.4 is 5.73 Å². The van der Waals surface area contributed by atoms with Crippen molar-refractivity contribution in [3.63, 3.8) is 0 Å². The number of esters is 2. The molecule has 0 bridgehead atoms. The van der Waals surface area contributed by atoms with Crippen LogP contribution >= 0.6 is 0 Å². The van der Waals surface area contributed by atoms with Gasteiger partial charge >= 0.3 is 11.9 Å². The van der Waals surface area contributed by atoms with Crippen LogP contribution in [0.15, 0.2) is 0 Å². The van der Waals surface area contributed by atoms with Gasteiger partial charge in [0.05, 0.1) is 12.7 Å². The van der Waals surface area contributed by atoms with Crippen molar-refractivity contribution < 1.29 is 19.1 Å². The van der Waals surface area contributed by atoms with Crippen LogP contribution in [0.5, 0.6) is 0 Å². The lowest BCUT2D eigenvalue weighted by molar-refractivity contribution is -0.148. The number of nitrogens with two attached hydrogens (primary N) is 1. The van der Waals surface area contributed by atoms with Crippen LogP contribution in [0.3, 0.4) is 0 Å². The molecule has 0 amide bonds. The number of carbonyl (C=O) groups is 2. The van der Waals surface area contributed by atoms with Crippen molar-refractivity contribution in [2.24, 2.45) is 5.92 Å². The zero-order chi connectivity index (χ0) is 16.2. The van der Waals surface area contributed by atoms with E-state index in [-0.39, 0.29) is 23.5 Å². The summed E-state index contributed by atoms with van der Waals surface area (Å²) in [6, 6.07) is -0.767. The highest BCUT2D eigenvalue weighted by Gasteiger charge is 2.26. The fraction of sp³-hybridized carbons (Fsp3) is 0.692. The van der Waals surface area contributed by atoms with Crippen molar-refractivity contribution >= 4 is 17.8 Å². The minimum Gasteiger partial charge on any atom is -0.464 e. The van der Waals surface area contributed by atoms with Crippen molar-refractivity contribution in [3.05, 3.63) is 5.69 Å². The topological polar surface area (TPSA) is 109 Å². The fourth-order valence-corrected chi connectivity index (χ4v) is 1.47. The van der Waals surface area contributed by atoms with Crippen LogP contribution in [-0.2, 0) is 14.3 Å². The number of carbonyl (C=O) groups excluding carboxylic acids is 2. The van der Waals surface area contributed by atoms with E-state index in [1.54, 1.807) is 20.8 Å². The van der Waals surface area contributed by atoms with Gasteiger partial charge in [-0.25, -0.2) is 14.3 Å². The summed E-state index contributed by atoms with van der Waals surface area (Å²) in [6.07, 6.45) is -0.296. The molecule has 1 atom stereocenters. The molecule has 21 heavy (non-hydrogen) atoms. The van der Waals surface area contributed by atoms with E-state index >= 15 is 0 Å². The van der Waals surface area contributed by atoms with Crippen LogP contribution in [0, 0.1) is 5.92 Å². The lowest BCUT2D eigenvalue weighted by atomic mass is 10.2. The Kier molecular flexibility index (Phi) is 5.69. The van der Waals surface area contributed by atoms with Gasteiger partial charge in [0.2, 0.25) is 5.69 Å². The van der Waals surface area contributed by atoms with Gasteiger partial charge < -0.3 is 15.2 Å². The predicted molar refractivity (Wildman–Crippen MR) is 75.5 cm³/mol. The lowest BCUT2D eigenvalue weighted by Crippen LogP contribution is -2.23. The number of ether oxygens (including phenoxy) is 2. The number of hydrogen-bond donors (Lipinski definition) is 1. The first-order chi connectivity index (χ1) is 9.73. The molecule has 8 nitrogen and oxygen atoms in total. The van der Waals surface area contributed by atoms with Crippen LogP contribution in [-0.4, -0.2) is 39.6 Å². The largest absolute Gasteiger partial charge is 0.464 e. The average molecular weight is 298 g/mol. The number of aromatic nitrogens is 3. The highest BCUT2D eigenvalue weighted by atomic mass is 16.5. The molecule has 0 saturated heterocycles. The molecular weight excluding hydrogens is 276 g/mol. The standard InChI is InChI=1S/C13H22N4O4/c1-7(2)6-20-12(18)9(5)17-11(14)10(15-16-17)13(19)21-8(3)4/h7-9H,6,14H2,1-5H3. The van der Waals surface area contributed by atoms with Gasteiger partial charge in [0.15, 0.2) is 11.9 Å². The first-order valence-corrected chi connectivity index (χ1v) is 6.82. The Morgan fingerprint density at radius 3 is 2.38 bits per heavy atom. The molecule has 1 unspecified atom stereocenters. The minimum atomic E-state index is -0.767. The monoisotopic (exact) mass is 298 g/mol. The van der Waals surface area contributed by atoms with E-state index in [2.05, 4.69) is 10.3 Å². The van der Waals surface area contributed by atoms with Crippen LogP contribution in [0.25, 0.3) is 0 Å². The molecule has 2 N–H and O–H groups in total. The van der Waals surface area contributed by atoms with Gasteiger partial charge in [-0.3, -0.25) is 0 Å². The molecular formula is C13H22N4O4. The molecule has 8 heteroatoms. The Morgan fingerprint density at radius 1 is 1.24 bits per heavy atom. The third-order valence-corrected chi connectivity index (χ3v) is 2.53. The van der Waals surface area contributed by atoms with Crippen LogP contribution in [0.4, 0.5) is 5.82 Å². The van der Waals surface area contributed by atoms with Crippen molar-refractivity contribution in [3.8, 4) is 0 Å². The van der Waals surface area contributed by atoms with Crippen LogP contribution in [0.1, 0.15) is 51.1 Å². The van der Waals surface area contributed by atoms with Gasteiger partial charge in [-0.15, -0.1) is 5.10 Å². The molecule has 0 spiro atoms. The molecule has 118 valence electrons. The molecule has 1 rings (SSSR count). The zero-order valence-electron chi connectivity index (χ0n) is 13.0. The van der Waals surface area contributed by atoms with E-state index in [4.69, 9.17) is 15.2 Å². The second kappa shape index (κ2) is 7.05. The van der Waals surface area contributed by atoms with Gasteiger partial charge in [-0.05, 0) is 26.7 Å². The third-order valence-electron chi connectivity index (χ3n) is 2.53. The van der Waals surface area contributed by atoms with Crippen molar-refractivity contribution in [2.45, 2.75) is 46.8 Å². The summed E-state index contributed by atoms with van der Waals surface area (Å²) in [5.74, 6) is -0.943. The van der Waals surface area contributed by atoms with Crippen molar-refractivity contribution in [1.82, 2.24) is 15.0 Å². The summed E-state index contributed by atoms with van der Waals surface area (Å²) in [4.78, 5) is 23.6. The Bertz CT molecular complexity index is 510. The summed E-state index contributed by atoms with van der Waals surface area (Å²) in [6.45, 7) is 9.17. The SMILES string of the molecule is CC(C)COC(=O)C(C)n1nnc(C(=O)OC(C)C)c1N. The van der Waals surface area contributed by atoms with Gasteiger partial charge in [0.25, 0.3) is 0 Å². The summed E-state index contributed by atoms with van der Waals surface area (Å²) >= 11 is 0. The first kappa shape index (κ1) is 16.9. The highest BCUT2D eigenvalue weighted by Crippen LogP contribution is 2.17. The van der Waals surface area contributed by atoms with Gasteiger partial charge in [0.1, 0.15) is 0 Å². The average Bonchev–Trinajstić information content (AvgIpc) is 2.76. The maximum absolute atomic E-state index is 11.9. The van der Waals surface area contributed by atoms with E-state index in [0.29, 0.717) is 6.61 Å². The predicted octanol–water partition coefficient (Wildman–Crippen LogP) is 1.19. The Balaban J connectivity index is 2.83. The maximum Gasteiger partial charge on any atom is 0.363 e. The van der Waals surface area contributed by atoms with E-state index in [1.165, 1.54) is 0 Å². The third kappa shape index (κ3) is 4.44. The molecule has 0 aliphatic carbocycles. The van der Waals surface area contributed by atoms with Gasteiger partial charge in [-0.1, -0.05) is 19.1 Å². The molecule has 0 aliphatic rings. The number of nitrogen functional groups attached to an aromatic ring is 1. The molecule has 1 aromatic heterocycles. The Labute approximate surface area is 123 Å². The molecule has 1 aromatic rings. The second-order valence-corrected chi connectivity index (χ2v) is 5.42. The zero-order valence-corrected chi connectivity index (χ0v) is 13.0. The molecule has 1 heterocycles. The lowest BCUT2D eigenvalue weighted by Gasteiger charge is -2.13. The summed E-state index contributed by atoms with van der Waals surface area (Å²) in [5.41, 5.74) is 5.70. The number of hydrogen-bond acceptors (Lipinski definition) is 7. The van der Waals surface area contributed by atoms with E-state index in [0.717, 1.165) is 4.68 Å². The Hall–Kier alpha value is -2.12. The highest BCUT2D eigenvalue weighted by molar-refractivity contribution is 5.92. The summed E-state index contributed by atoms with van der Waals surface area (Å²) < 4.78 is 11.3. The number of anilines is 1. The Morgan fingerprint density at radius 2 is 1.86 bits per heavy atom. The molecule has 0 saturated carbocycles. The first-order valence-electron chi connectivity index (χ1n) is 6.82. The van der Waals surface area contributed by atoms with Gasteiger partial charge in [-0.2, -0.15) is 0 Å². The molecule has 0 radical (unpaired) electrons.